The van der Waals surface area contributed by atoms with Crippen molar-refractivity contribution in [3.63, 3.8) is 0 Å². The summed E-state index contributed by atoms with van der Waals surface area (Å²) in [5, 5.41) is 22.4. The Kier molecular flexibility index (Phi) is 6.57. The minimum Gasteiger partial charge on any atom is -0.378 e. The van der Waals surface area contributed by atoms with Gasteiger partial charge in [-0.15, -0.1) is 5.10 Å². The van der Waals surface area contributed by atoms with Crippen LogP contribution in [-0.2, 0) is 17.8 Å². The Hall–Kier alpha value is -5.07. The number of para-hydroxylation sites is 1. The molecule has 0 saturated heterocycles. The van der Waals surface area contributed by atoms with Crippen molar-refractivity contribution in [3.8, 4) is 5.82 Å². The number of hydrazone groups is 1. The molecule has 0 radical (unpaired) electrons. The lowest BCUT2D eigenvalue weighted by Gasteiger charge is -2.31. The Bertz CT molecular complexity index is 1460. The molecular formula is C24H24N10O3. The van der Waals surface area contributed by atoms with Gasteiger partial charge in [0.2, 0.25) is 17.5 Å². The second-order valence-electron chi connectivity index (χ2n) is 8.43. The van der Waals surface area contributed by atoms with E-state index in [0.717, 1.165) is 30.6 Å². The monoisotopic (exact) mass is 500 g/mol. The van der Waals surface area contributed by atoms with E-state index in [2.05, 4.69) is 53.5 Å². The maximum atomic E-state index is 13.1. The molecule has 1 aliphatic heterocycles. The molecular weight excluding hydrogens is 476 g/mol. The van der Waals surface area contributed by atoms with Gasteiger partial charge in [-0.2, -0.15) is 9.78 Å². The van der Waals surface area contributed by atoms with Gasteiger partial charge in [-0.25, -0.2) is 10.1 Å². The topological polar surface area (TPSA) is 169 Å². The van der Waals surface area contributed by atoms with E-state index < -0.39 is 5.91 Å². The second kappa shape index (κ2) is 10.3. The van der Waals surface area contributed by atoms with E-state index in [9.17, 15) is 9.59 Å². The number of carbonyl (C=O) groups excluding carboxylic acids is 2. The quantitative estimate of drug-likeness (QED) is 0.253. The number of hydrogen-bond acceptors (Lipinski definition) is 10. The van der Waals surface area contributed by atoms with Crippen molar-refractivity contribution in [3.05, 3.63) is 71.0 Å². The van der Waals surface area contributed by atoms with Crippen molar-refractivity contribution in [2.45, 2.75) is 26.3 Å². The van der Waals surface area contributed by atoms with E-state index >= 15 is 0 Å². The smallest absolute Gasteiger partial charge is 0.293 e. The largest absolute Gasteiger partial charge is 0.378 e. The van der Waals surface area contributed by atoms with Crippen molar-refractivity contribution in [1.82, 2.24) is 30.7 Å². The molecule has 0 atom stereocenters. The van der Waals surface area contributed by atoms with Crippen LogP contribution in [-0.4, -0.2) is 49.9 Å². The van der Waals surface area contributed by atoms with E-state index in [4.69, 9.17) is 10.4 Å². The van der Waals surface area contributed by atoms with Crippen LogP contribution < -0.4 is 21.4 Å². The van der Waals surface area contributed by atoms with Crippen LogP contribution in [0, 0.1) is 0 Å². The Balaban J connectivity index is 1.39. The highest BCUT2D eigenvalue weighted by molar-refractivity contribution is 5.94. The molecule has 0 spiro atoms. The molecule has 188 valence electrons. The summed E-state index contributed by atoms with van der Waals surface area (Å²) in [6.07, 6.45) is 3.44. The molecule has 0 fully saturated rings. The normalized spacial score (nSPS) is 12.9. The number of aromatic nitrogens is 5. The maximum absolute atomic E-state index is 13.1. The van der Waals surface area contributed by atoms with Crippen LogP contribution in [0.1, 0.15) is 40.7 Å². The standard InChI is InChI=1S/C24H24N10O3/c1-15(35)27-18-10-8-16(9-11-18)13-26-29-24(36)21-20(34(32-28-21)23-22(25)30-37-31-23)14-33-12-4-6-17-5-2-3-7-19(17)33/h2-3,5,7-11,13H,4,6,12,14H2,1H3,(H2,25,30)(H,27,35)(H,29,36)/b26-13-. The van der Waals surface area contributed by atoms with Gasteiger partial charge in [-0.05, 0) is 52.5 Å². The molecule has 2 amide bonds. The van der Waals surface area contributed by atoms with Crippen LogP contribution in [0.4, 0.5) is 17.2 Å². The fraction of sp³-hybridized carbons (Fsp3) is 0.208. The molecule has 0 bridgehead atoms. The predicted octanol–water partition coefficient (Wildman–Crippen LogP) is 1.91. The lowest BCUT2D eigenvalue weighted by Crippen LogP contribution is -2.31. The van der Waals surface area contributed by atoms with Gasteiger partial charge in [0.15, 0.2) is 5.69 Å². The van der Waals surface area contributed by atoms with Crippen LogP contribution in [0.5, 0.6) is 0 Å². The molecule has 4 aromatic rings. The Morgan fingerprint density at radius 2 is 1.97 bits per heavy atom. The first kappa shape index (κ1) is 23.7. The summed E-state index contributed by atoms with van der Waals surface area (Å²) < 4.78 is 6.10. The lowest BCUT2D eigenvalue weighted by atomic mass is 10.0. The van der Waals surface area contributed by atoms with Gasteiger partial charge in [0, 0.05) is 24.8 Å². The second-order valence-corrected chi connectivity index (χ2v) is 8.43. The number of benzene rings is 2. The highest BCUT2D eigenvalue weighted by atomic mass is 16.6. The van der Waals surface area contributed by atoms with Crippen LogP contribution in [0.15, 0.2) is 58.3 Å². The predicted molar refractivity (Wildman–Crippen MR) is 135 cm³/mol. The summed E-state index contributed by atoms with van der Waals surface area (Å²) in [6, 6.07) is 15.1. The summed E-state index contributed by atoms with van der Waals surface area (Å²) in [5.74, 6) is -0.533. The third-order valence-corrected chi connectivity index (χ3v) is 5.83. The van der Waals surface area contributed by atoms with E-state index in [1.165, 1.54) is 23.4 Å². The number of amides is 2. The van der Waals surface area contributed by atoms with Crippen molar-refractivity contribution in [2.75, 3.05) is 22.5 Å². The van der Waals surface area contributed by atoms with Crippen molar-refractivity contribution < 1.29 is 14.2 Å². The summed E-state index contributed by atoms with van der Waals surface area (Å²) in [4.78, 5) is 26.4. The molecule has 1 aliphatic rings. The number of carbonyl (C=O) groups is 2. The third kappa shape index (κ3) is 5.15. The first-order valence-electron chi connectivity index (χ1n) is 11.6. The van der Waals surface area contributed by atoms with Gasteiger partial charge in [0.05, 0.1) is 18.5 Å². The lowest BCUT2D eigenvalue weighted by molar-refractivity contribution is -0.114. The number of nitrogen functional groups attached to an aromatic ring is 1. The molecule has 0 aliphatic carbocycles. The highest BCUT2D eigenvalue weighted by Crippen LogP contribution is 2.29. The fourth-order valence-electron chi connectivity index (χ4n) is 4.16. The molecule has 0 saturated carbocycles. The molecule has 13 nitrogen and oxygen atoms in total. The summed E-state index contributed by atoms with van der Waals surface area (Å²) in [6.45, 7) is 2.56. The minimum atomic E-state index is -0.548. The average Bonchev–Trinajstić information content (AvgIpc) is 3.50. The summed E-state index contributed by atoms with van der Waals surface area (Å²) in [7, 11) is 0. The Morgan fingerprint density at radius 1 is 1.16 bits per heavy atom. The van der Waals surface area contributed by atoms with E-state index in [0.29, 0.717) is 17.9 Å². The summed E-state index contributed by atoms with van der Waals surface area (Å²) in [5.41, 5.74) is 12.6. The molecule has 4 N–H and O–H groups in total. The van der Waals surface area contributed by atoms with Crippen LogP contribution in [0.2, 0.25) is 0 Å². The zero-order valence-electron chi connectivity index (χ0n) is 20.0. The van der Waals surface area contributed by atoms with Gasteiger partial charge in [0.25, 0.3) is 5.91 Å². The third-order valence-electron chi connectivity index (χ3n) is 5.83. The van der Waals surface area contributed by atoms with E-state index in [-0.39, 0.29) is 23.2 Å². The summed E-state index contributed by atoms with van der Waals surface area (Å²) >= 11 is 0. The Morgan fingerprint density at radius 3 is 2.73 bits per heavy atom. The van der Waals surface area contributed by atoms with Gasteiger partial charge in [-0.3, -0.25) is 9.59 Å². The number of nitrogens with two attached hydrogens (primary N) is 1. The number of nitrogens with zero attached hydrogens (tertiary/aromatic N) is 7. The number of fused-ring (bicyclic) bond motifs is 1. The van der Waals surface area contributed by atoms with Crippen molar-refractivity contribution in [1.29, 1.82) is 0 Å². The van der Waals surface area contributed by atoms with Crippen molar-refractivity contribution >= 4 is 35.2 Å². The van der Waals surface area contributed by atoms with Gasteiger partial charge < -0.3 is 16.0 Å². The molecule has 2 aromatic carbocycles. The van der Waals surface area contributed by atoms with Crippen LogP contribution >= 0.6 is 0 Å². The maximum Gasteiger partial charge on any atom is 0.293 e. The van der Waals surface area contributed by atoms with Crippen LogP contribution in [0.25, 0.3) is 5.82 Å². The molecule has 3 heterocycles. The van der Waals surface area contributed by atoms with Crippen molar-refractivity contribution in [2.24, 2.45) is 5.10 Å². The number of aryl methyl sites for hydroxylation is 1. The molecule has 0 unspecified atom stereocenters. The zero-order valence-corrected chi connectivity index (χ0v) is 20.0. The fourth-order valence-corrected chi connectivity index (χ4v) is 4.16. The van der Waals surface area contributed by atoms with E-state index in [1.807, 2.05) is 12.1 Å². The number of nitrogens with one attached hydrogen (secondary N) is 2. The number of rotatable bonds is 7. The minimum absolute atomic E-state index is 0.0258. The molecule has 37 heavy (non-hydrogen) atoms. The Labute approximate surface area is 211 Å². The van der Waals surface area contributed by atoms with Gasteiger partial charge in [-0.1, -0.05) is 35.5 Å². The molecule has 2 aromatic heterocycles. The average molecular weight is 501 g/mol. The van der Waals surface area contributed by atoms with Gasteiger partial charge in [0.1, 0.15) is 0 Å². The van der Waals surface area contributed by atoms with Crippen LogP contribution in [0.3, 0.4) is 0 Å². The zero-order chi connectivity index (χ0) is 25.8. The highest BCUT2D eigenvalue weighted by Gasteiger charge is 2.27. The first-order chi connectivity index (χ1) is 18.0. The number of hydrogen-bond donors (Lipinski definition) is 3. The van der Waals surface area contributed by atoms with Gasteiger partial charge >= 0.3 is 0 Å². The number of anilines is 3. The van der Waals surface area contributed by atoms with E-state index in [1.54, 1.807) is 24.3 Å². The molecule has 5 rings (SSSR count). The SMILES string of the molecule is CC(=O)Nc1ccc(/C=N\NC(=O)c2nnn(-c3nonc3N)c2CN2CCCc3ccccc32)cc1. The molecule has 13 heteroatoms. The first-order valence-corrected chi connectivity index (χ1v) is 11.6.